The van der Waals surface area contributed by atoms with Crippen molar-refractivity contribution in [2.45, 2.75) is 58.5 Å². The van der Waals surface area contributed by atoms with Crippen molar-refractivity contribution in [3.63, 3.8) is 0 Å². The fraction of sp³-hybridized carbons (Fsp3) is 0.933. The van der Waals surface area contributed by atoms with E-state index in [9.17, 15) is 9.90 Å². The highest BCUT2D eigenvalue weighted by Crippen LogP contribution is 2.48. The lowest BCUT2D eigenvalue weighted by atomic mass is 9.86. The maximum Gasteiger partial charge on any atom is 0.223 e. The maximum atomic E-state index is 12.2. The van der Waals surface area contributed by atoms with Gasteiger partial charge in [0, 0.05) is 12.5 Å². The van der Waals surface area contributed by atoms with Crippen LogP contribution >= 0.6 is 0 Å². The van der Waals surface area contributed by atoms with Gasteiger partial charge in [0.2, 0.25) is 5.91 Å². The Bertz CT molecular complexity index is 314. The van der Waals surface area contributed by atoms with Gasteiger partial charge in [-0.3, -0.25) is 4.79 Å². The Hall–Kier alpha value is -0.570. The number of hydrogen-bond acceptors (Lipinski definition) is 2. The average Bonchev–Trinajstić information content (AvgIpc) is 2.97. The van der Waals surface area contributed by atoms with Crippen LogP contribution in [0.5, 0.6) is 0 Å². The van der Waals surface area contributed by atoms with Crippen molar-refractivity contribution >= 4 is 5.91 Å². The SMILES string of the molecule is CCC(C)C(C)(O)CNC(=O)C1CC2CCC1C2. The van der Waals surface area contributed by atoms with Crippen LogP contribution in [-0.4, -0.2) is 23.2 Å². The Labute approximate surface area is 110 Å². The van der Waals surface area contributed by atoms with E-state index in [2.05, 4.69) is 12.2 Å². The highest BCUT2D eigenvalue weighted by molar-refractivity contribution is 5.79. The molecule has 0 aliphatic heterocycles. The van der Waals surface area contributed by atoms with E-state index in [1.165, 1.54) is 19.3 Å². The highest BCUT2D eigenvalue weighted by Gasteiger charge is 2.43. The van der Waals surface area contributed by atoms with E-state index in [-0.39, 0.29) is 17.7 Å². The molecule has 18 heavy (non-hydrogen) atoms. The summed E-state index contributed by atoms with van der Waals surface area (Å²) < 4.78 is 0. The first-order valence-electron chi connectivity index (χ1n) is 7.44. The minimum atomic E-state index is -0.790. The maximum absolute atomic E-state index is 12.2. The third-order valence-electron chi connectivity index (χ3n) is 5.37. The van der Waals surface area contributed by atoms with Crippen molar-refractivity contribution in [1.82, 2.24) is 5.32 Å². The number of rotatable bonds is 5. The van der Waals surface area contributed by atoms with Gasteiger partial charge in [-0.1, -0.05) is 26.7 Å². The molecule has 0 saturated heterocycles. The normalized spacial score (nSPS) is 35.2. The molecule has 0 aromatic rings. The van der Waals surface area contributed by atoms with Crippen LogP contribution in [0.15, 0.2) is 0 Å². The van der Waals surface area contributed by atoms with Crippen LogP contribution in [0.2, 0.25) is 0 Å². The molecule has 2 saturated carbocycles. The lowest BCUT2D eigenvalue weighted by Gasteiger charge is -2.31. The smallest absolute Gasteiger partial charge is 0.223 e. The third kappa shape index (κ3) is 2.71. The molecule has 104 valence electrons. The molecule has 0 spiro atoms. The molecular formula is C15H27NO2. The minimum Gasteiger partial charge on any atom is -0.388 e. The van der Waals surface area contributed by atoms with Crippen molar-refractivity contribution in [1.29, 1.82) is 0 Å². The van der Waals surface area contributed by atoms with E-state index in [4.69, 9.17) is 0 Å². The van der Waals surface area contributed by atoms with Crippen LogP contribution < -0.4 is 5.32 Å². The summed E-state index contributed by atoms with van der Waals surface area (Å²) in [6.45, 7) is 6.30. The van der Waals surface area contributed by atoms with Crippen molar-refractivity contribution in [2.75, 3.05) is 6.54 Å². The molecular weight excluding hydrogens is 226 g/mol. The molecule has 2 rings (SSSR count). The molecule has 0 aromatic carbocycles. The summed E-state index contributed by atoms with van der Waals surface area (Å²) in [6.07, 6.45) is 5.79. The van der Waals surface area contributed by atoms with Crippen LogP contribution in [0.3, 0.4) is 0 Å². The van der Waals surface area contributed by atoms with Crippen LogP contribution in [-0.2, 0) is 4.79 Å². The van der Waals surface area contributed by atoms with Crippen LogP contribution in [0.4, 0.5) is 0 Å². The van der Waals surface area contributed by atoms with Crippen LogP contribution in [0.1, 0.15) is 52.9 Å². The summed E-state index contributed by atoms with van der Waals surface area (Å²) in [5.41, 5.74) is -0.790. The predicted octanol–water partition coefficient (Wildman–Crippen LogP) is 2.34. The third-order valence-corrected chi connectivity index (χ3v) is 5.37. The molecule has 2 N–H and O–H groups in total. The van der Waals surface area contributed by atoms with Gasteiger partial charge >= 0.3 is 0 Å². The zero-order valence-corrected chi connectivity index (χ0v) is 11.9. The second kappa shape index (κ2) is 5.20. The number of nitrogens with one attached hydrogen (secondary N) is 1. The van der Waals surface area contributed by atoms with E-state index in [1.54, 1.807) is 0 Å². The number of amides is 1. The Morgan fingerprint density at radius 2 is 2.17 bits per heavy atom. The van der Waals surface area contributed by atoms with Crippen molar-refractivity contribution in [3.8, 4) is 0 Å². The zero-order valence-electron chi connectivity index (χ0n) is 11.9. The van der Waals surface area contributed by atoms with Gasteiger partial charge in [-0.15, -0.1) is 0 Å². The lowest BCUT2D eigenvalue weighted by molar-refractivity contribution is -0.128. The van der Waals surface area contributed by atoms with Crippen molar-refractivity contribution in [2.24, 2.45) is 23.7 Å². The summed E-state index contributed by atoms with van der Waals surface area (Å²) in [7, 11) is 0. The summed E-state index contributed by atoms with van der Waals surface area (Å²) in [5, 5.41) is 13.3. The van der Waals surface area contributed by atoms with E-state index in [0.717, 1.165) is 18.8 Å². The van der Waals surface area contributed by atoms with E-state index >= 15 is 0 Å². The Balaban J connectivity index is 1.82. The molecule has 2 aliphatic carbocycles. The zero-order chi connectivity index (χ0) is 13.3. The number of hydrogen-bond donors (Lipinski definition) is 2. The van der Waals surface area contributed by atoms with E-state index in [1.807, 2.05) is 13.8 Å². The van der Waals surface area contributed by atoms with Crippen molar-refractivity contribution < 1.29 is 9.90 Å². The van der Waals surface area contributed by atoms with Gasteiger partial charge in [-0.2, -0.15) is 0 Å². The summed E-state index contributed by atoms with van der Waals surface area (Å²) in [5.74, 6) is 2.00. The molecule has 2 aliphatic rings. The monoisotopic (exact) mass is 253 g/mol. The minimum absolute atomic E-state index is 0.172. The summed E-state index contributed by atoms with van der Waals surface area (Å²) in [6, 6.07) is 0. The molecule has 5 unspecified atom stereocenters. The van der Waals surface area contributed by atoms with Gasteiger partial charge in [0.15, 0.2) is 0 Å². The second-order valence-corrected chi connectivity index (χ2v) is 6.67. The summed E-state index contributed by atoms with van der Waals surface area (Å²) in [4.78, 5) is 12.2. The number of fused-ring (bicyclic) bond motifs is 2. The largest absolute Gasteiger partial charge is 0.388 e. The fourth-order valence-corrected chi connectivity index (χ4v) is 3.58. The Morgan fingerprint density at radius 3 is 2.67 bits per heavy atom. The molecule has 3 heteroatoms. The number of carbonyl (C=O) groups excluding carboxylic acids is 1. The molecule has 2 bridgehead atoms. The molecule has 0 radical (unpaired) electrons. The quantitative estimate of drug-likeness (QED) is 0.790. The Kier molecular flexibility index (Phi) is 4.00. The topological polar surface area (TPSA) is 49.3 Å². The molecule has 1 amide bonds. The van der Waals surface area contributed by atoms with Gasteiger partial charge in [-0.25, -0.2) is 0 Å². The molecule has 3 nitrogen and oxygen atoms in total. The lowest BCUT2D eigenvalue weighted by Crippen LogP contribution is -2.47. The first-order chi connectivity index (χ1) is 8.44. The molecule has 0 heterocycles. The van der Waals surface area contributed by atoms with Gasteiger partial charge in [0.25, 0.3) is 0 Å². The van der Waals surface area contributed by atoms with Gasteiger partial charge in [0.1, 0.15) is 0 Å². The van der Waals surface area contributed by atoms with Gasteiger partial charge in [-0.05, 0) is 43.9 Å². The molecule has 5 atom stereocenters. The second-order valence-electron chi connectivity index (χ2n) is 6.67. The number of carbonyl (C=O) groups is 1. The van der Waals surface area contributed by atoms with E-state index < -0.39 is 5.60 Å². The van der Waals surface area contributed by atoms with Crippen molar-refractivity contribution in [3.05, 3.63) is 0 Å². The average molecular weight is 253 g/mol. The molecule has 0 aromatic heterocycles. The van der Waals surface area contributed by atoms with Gasteiger partial charge < -0.3 is 10.4 Å². The number of aliphatic hydroxyl groups is 1. The Morgan fingerprint density at radius 1 is 1.44 bits per heavy atom. The molecule has 2 fully saturated rings. The fourth-order valence-electron chi connectivity index (χ4n) is 3.58. The highest BCUT2D eigenvalue weighted by atomic mass is 16.3. The van der Waals surface area contributed by atoms with Crippen LogP contribution in [0, 0.1) is 23.7 Å². The first kappa shape index (κ1) is 13.9. The van der Waals surface area contributed by atoms with Crippen LogP contribution in [0.25, 0.3) is 0 Å². The van der Waals surface area contributed by atoms with Gasteiger partial charge in [0.05, 0.1) is 5.60 Å². The first-order valence-corrected chi connectivity index (χ1v) is 7.44. The summed E-state index contributed by atoms with van der Waals surface area (Å²) >= 11 is 0. The van der Waals surface area contributed by atoms with E-state index in [0.29, 0.717) is 12.5 Å². The standard InChI is InChI=1S/C15H27NO2/c1-4-10(2)15(3,18)9-16-14(17)13-8-11-5-6-12(13)7-11/h10-13,18H,4-9H2,1-3H3,(H,16,17). The predicted molar refractivity (Wildman–Crippen MR) is 72.0 cm³/mol.